The third-order valence-electron chi connectivity index (χ3n) is 2.49. The Labute approximate surface area is 100 Å². The minimum atomic E-state index is -0.865. The summed E-state index contributed by atoms with van der Waals surface area (Å²) in [7, 11) is 0. The van der Waals surface area contributed by atoms with Gasteiger partial charge in [-0.15, -0.1) is 0 Å². The van der Waals surface area contributed by atoms with Gasteiger partial charge in [-0.05, 0) is 18.4 Å². The van der Waals surface area contributed by atoms with Crippen LogP contribution in [-0.2, 0) is 4.79 Å². The Bertz CT molecular complexity index is 337. The summed E-state index contributed by atoms with van der Waals surface area (Å²) in [6.45, 7) is 3.71. The van der Waals surface area contributed by atoms with Crippen LogP contribution in [0.4, 0.5) is 0 Å². The van der Waals surface area contributed by atoms with Crippen molar-refractivity contribution in [3.8, 4) is 0 Å². The molecule has 0 radical (unpaired) electrons. The first-order chi connectivity index (χ1) is 7.41. The van der Waals surface area contributed by atoms with Crippen molar-refractivity contribution in [3.05, 3.63) is 22.9 Å². The number of hydrogen-bond donors (Lipinski definition) is 3. The van der Waals surface area contributed by atoms with Gasteiger partial charge in [0, 0.05) is 16.8 Å². The molecule has 1 rings (SSSR count). The minimum Gasteiger partial charge on any atom is -0.480 e. The van der Waals surface area contributed by atoms with Crippen molar-refractivity contribution >= 4 is 17.6 Å². The van der Waals surface area contributed by atoms with Crippen molar-refractivity contribution in [1.29, 1.82) is 0 Å². The topological polar surface area (TPSA) is 75.3 Å². The van der Waals surface area contributed by atoms with Crippen LogP contribution in [0.5, 0.6) is 0 Å². The Balaban J connectivity index is 2.71. The Morgan fingerprint density at radius 3 is 2.75 bits per heavy atom. The van der Waals surface area contributed by atoms with Crippen LogP contribution in [0.15, 0.2) is 22.9 Å². The molecule has 0 amide bonds. The molecule has 0 aromatic carbocycles. The zero-order chi connectivity index (χ0) is 12.3. The van der Waals surface area contributed by atoms with Crippen molar-refractivity contribution in [2.24, 2.45) is 11.7 Å². The standard InChI is InChI=1S/C11H17ClN2O2/c1-6(2)10(11(15)16)14-7-3-4-9(13)8(12)5-7/h3,5-6,9-10,14H,4,13H2,1-2H3,(H,15,16). The molecular weight excluding hydrogens is 228 g/mol. The number of allylic oxidation sites excluding steroid dienone is 1. The van der Waals surface area contributed by atoms with E-state index in [-0.39, 0.29) is 12.0 Å². The summed E-state index contributed by atoms with van der Waals surface area (Å²) < 4.78 is 0. The molecule has 2 unspecified atom stereocenters. The molecular formula is C11H17ClN2O2. The van der Waals surface area contributed by atoms with Gasteiger partial charge in [0.25, 0.3) is 0 Å². The number of hydrogen-bond acceptors (Lipinski definition) is 3. The van der Waals surface area contributed by atoms with Crippen LogP contribution in [0.3, 0.4) is 0 Å². The van der Waals surface area contributed by atoms with E-state index in [2.05, 4.69) is 5.32 Å². The first kappa shape index (κ1) is 13.1. The third-order valence-corrected chi connectivity index (χ3v) is 2.88. The lowest BCUT2D eigenvalue weighted by atomic mass is 10.0. The Hall–Kier alpha value is -1.00. The molecule has 0 bridgehead atoms. The fraction of sp³-hybridized carbons (Fsp3) is 0.545. The molecule has 0 heterocycles. The van der Waals surface area contributed by atoms with E-state index < -0.39 is 12.0 Å². The van der Waals surface area contributed by atoms with Gasteiger partial charge in [0.15, 0.2) is 0 Å². The maximum absolute atomic E-state index is 11.0. The lowest BCUT2D eigenvalue weighted by molar-refractivity contribution is -0.140. The molecule has 1 aliphatic rings. The number of carbonyl (C=O) groups is 1. The number of carboxylic acids is 1. The summed E-state index contributed by atoms with van der Waals surface area (Å²) in [5, 5.41) is 12.5. The van der Waals surface area contributed by atoms with Gasteiger partial charge in [-0.3, -0.25) is 0 Å². The van der Waals surface area contributed by atoms with E-state index >= 15 is 0 Å². The molecule has 0 aromatic rings. The fourth-order valence-corrected chi connectivity index (χ4v) is 1.68. The van der Waals surface area contributed by atoms with Crippen LogP contribution < -0.4 is 11.1 Å². The number of nitrogens with two attached hydrogens (primary N) is 1. The number of nitrogens with one attached hydrogen (secondary N) is 1. The van der Waals surface area contributed by atoms with Crippen molar-refractivity contribution in [1.82, 2.24) is 5.32 Å². The Kier molecular flexibility index (Phi) is 4.38. The molecule has 4 N–H and O–H groups in total. The van der Waals surface area contributed by atoms with Crippen LogP contribution in [-0.4, -0.2) is 23.2 Å². The SMILES string of the molecule is CC(C)C(NC1=CCC(N)C(Cl)=C1)C(=O)O. The smallest absolute Gasteiger partial charge is 0.326 e. The average Bonchev–Trinajstić information content (AvgIpc) is 2.18. The highest BCUT2D eigenvalue weighted by Crippen LogP contribution is 2.19. The largest absolute Gasteiger partial charge is 0.480 e. The van der Waals surface area contributed by atoms with E-state index in [0.717, 1.165) is 5.70 Å². The van der Waals surface area contributed by atoms with Crippen LogP contribution in [0.25, 0.3) is 0 Å². The first-order valence-electron chi connectivity index (χ1n) is 5.24. The monoisotopic (exact) mass is 244 g/mol. The molecule has 2 atom stereocenters. The van der Waals surface area contributed by atoms with E-state index in [1.165, 1.54) is 0 Å². The number of halogens is 1. The zero-order valence-corrected chi connectivity index (χ0v) is 10.2. The summed E-state index contributed by atoms with van der Waals surface area (Å²) in [5.74, 6) is -0.864. The van der Waals surface area contributed by atoms with Crippen LogP contribution in [0.1, 0.15) is 20.3 Å². The van der Waals surface area contributed by atoms with E-state index in [9.17, 15) is 4.79 Å². The van der Waals surface area contributed by atoms with Gasteiger partial charge in [-0.1, -0.05) is 31.5 Å². The Morgan fingerprint density at radius 2 is 2.31 bits per heavy atom. The van der Waals surface area contributed by atoms with E-state index in [4.69, 9.17) is 22.4 Å². The summed E-state index contributed by atoms with van der Waals surface area (Å²) in [4.78, 5) is 11.0. The molecule has 5 heteroatoms. The van der Waals surface area contributed by atoms with Gasteiger partial charge in [0.2, 0.25) is 0 Å². The zero-order valence-electron chi connectivity index (χ0n) is 9.40. The average molecular weight is 245 g/mol. The highest BCUT2D eigenvalue weighted by Gasteiger charge is 2.22. The maximum atomic E-state index is 11.0. The molecule has 0 spiro atoms. The van der Waals surface area contributed by atoms with E-state index in [1.54, 1.807) is 6.08 Å². The first-order valence-corrected chi connectivity index (χ1v) is 5.61. The fourth-order valence-electron chi connectivity index (χ4n) is 1.47. The molecule has 0 fully saturated rings. The number of aliphatic carboxylic acids is 1. The third kappa shape index (κ3) is 3.25. The lowest BCUT2D eigenvalue weighted by Crippen LogP contribution is -2.40. The number of rotatable bonds is 4. The molecule has 0 aromatic heterocycles. The molecule has 0 saturated carbocycles. The lowest BCUT2D eigenvalue weighted by Gasteiger charge is -2.23. The molecule has 1 aliphatic carbocycles. The van der Waals surface area contributed by atoms with Crippen LogP contribution in [0.2, 0.25) is 0 Å². The highest BCUT2D eigenvalue weighted by molar-refractivity contribution is 6.30. The van der Waals surface area contributed by atoms with Crippen molar-refractivity contribution < 1.29 is 9.90 Å². The second kappa shape index (κ2) is 5.37. The van der Waals surface area contributed by atoms with Crippen molar-refractivity contribution in [2.45, 2.75) is 32.4 Å². The van der Waals surface area contributed by atoms with Gasteiger partial charge in [-0.25, -0.2) is 4.79 Å². The summed E-state index contributed by atoms with van der Waals surface area (Å²) in [6, 6.07) is -0.782. The predicted octanol–water partition coefficient (Wildman–Crippen LogP) is 1.42. The van der Waals surface area contributed by atoms with Gasteiger partial charge in [0.05, 0.1) is 0 Å². The summed E-state index contributed by atoms with van der Waals surface area (Å²) in [6.07, 6.45) is 4.19. The molecule has 0 aliphatic heterocycles. The molecule has 0 saturated heterocycles. The Morgan fingerprint density at radius 1 is 1.69 bits per heavy atom. The maximum Gasteiger partial charge on any atom is 0.326 e. The second-order valence-corrected chi connectivity index (χ2v) is 4.67. The van der Waals surface area contributed by atoms with Gasteiger partial charge in [0.1, 0.15) is 6.04 Å². The molecule has 90 valence electrons. The quantitative estimate of drug-likeness (QED) is 0.699. The number of carboxylic acid groups (broad SMARTS) is 1. The van der Waals surface area contributed by atoms with E-state index in [0.29, 0.717) is 11.5 Å². The van der Waals surface area contributed by atoms with Crippen LogP contribution >= 0.6 is 11.6 Å². The molecule has 16 heavy (non-hydrogen) atoms. The van der Waals surface area contributed by atoms with Crippen molar-refractivity contribution in [3.63, 3.8) is 0 Å². The van der Waals surface area contributed by atoms with E-state index in [1.807, 2.05) is 19.9 Å². The van der Waals surface area contributed by atoms with Gasteiger partial charge >= 0.3 is 5.97 Å². The predicted molar refractivity (Wildman–Crippen MR) is 64.0 cm³/mol. The van der Waals surface area contributed by atoms with Gasteiger partial charge in [-0.2, -0.15) is 0 Å². The van der Waals surface area contributed by atoms with Crippen LogP contribution in [0, 0.1) is 5.92 Å². The highest BCUT2D eigenvalue weighted by atomic mass is 35.5. The van der Waals surface area contributed by atoms with Crippen molar-refractivity contribution in [2.75, 3.05) is 0 Å². The minimum absolute atomic E-state index is 0.00109. The second-order valence-electron chi connectivity index (χ2n) is 4.24. The normalized spacial score (nSPS) is 22.4. The summed E-state index contributed by atoms with van der Waals surface area (Å²) in [5.41, 5.74) is 6.43. The van der Waals surface area contributed by atoms with Gasteiger partial charge < -0.3 is 16.2 Å². The summed E-state index contributed by atoms with van der Waals surface area (Å²) >= 11 is 5.91. The molecule has 4 nitrogen and oxygen atoms in total.